The molecule has 112 valence electrons. The van der Waals surface area contributed by atoms with Gasteiger partial charge in [-0.25, -0.2) is 13.1 Å². The first-order valence-electron chi connectivity index (χ1n) is 6.44. The van der Waals surface area contributed by atoms with E-state index in [0.29, 0.717) is 24.4 Å². The van der Waals surface area contributed by atoms with Crippen molar-refractivity contribution in [2.75, 3.05) is 0 Å². The average Bonchev–Trinajstić information content (AvgIpc) is 2.88. The first kappa shape index (κ1) is 14.8. The lowest BCUT2D eigenvalue weighted by atomic mass is 10.1. The second kappa shape index (κ2) is 5.61. The zero-order chi connectivity index (χ0) is 15.0. The number of fused-ring (bicyclic) bond motifs is 1. The van der Waals surface area contributed by atoms with Crippen molar-refractivity contribution in [3.63, 3.8) is 0 Å². The molecule has 21 heavy (non-hydrogen) atoms. The van der Waals surface area contributed by atoms with Crippen molar-refractivity contribution < 1.29 is 8.42 Å². The summed E-state index contributed by atoms with van der Waals surface area (Å²) in [4.78, 5) is 0.00995. The summed E-state index contributed by atoms with van der Waals surface area (Å²) in [7, 11) is -3.69. The normalized spacial score (nSPS) is 18.5. The Kier molecular flexibility index (Phi) is 3.96. The number of nitrogens with zero attached hydrogens (tertiary/aromatic N) is 2. The minimum Gasteiger partial charge on any atom is -0.269 e. The van der Waals surface area contributed by atoms with Crippen LogP contribution in [0.3, 0.4) is 0 Å². The summed E-state index contributed by atoms with van der Waals surface area (Å²) in [5.41, 5.74) is 1.02. The number of rotatable bonds is 3. The molecule has 1 aromatic carbocycles. The number of halogens is 2. The summed E-state index contributed by atoms with van der Waals surface area (Å²) in [6.45, 7) is 0.693. The molecule has 2 aromatic rings. The van der Waals surface area contributed by atoms with Gasteiger partial charge in [-0.1, -0.05) is 23.2 Å². The third-order valence-electron chi connectivity index (χ3n) is 3.45. The molecule has 0 bridgehead atoms. The van der Waals surface area contributed by atoms with Crippen LogP contribution in [0.5, 0.6) is 0 Å². The van der Waals surface area contributed by atoms with Crippen LogP contribution in [0.15, 0.2) is 35.4 Å². The van der Waals surface area contributed by atoms with Crippen molar-refractivity contribution in [1.29, 1.82) is 0 Å². The molecule has 0 fully saturated rings. The van der Waals surface area contributed by atoms with E-state index in [1.165, 1.54) is 12.1 Å². The lowest BCUT2D eigenvalue weighted by Crippen LogP contribution is -2.40. The Morgan fingerprint density at radius 1 is 1.29 bits per heavy atom. The topological polar surface area (TPSA) is 64.0 Å². The molecular weight excluding hydrogens is 333 g/mol. The maximum absolute atomic E-state index is 12.4. The number of hydrogen-bond acceptors (Lipinski definition) is 3. The van der Waals surface area contributed by atoms with E-state index in [9.17, 15) is 8.42 Å². The van der Waals surface area contributed by atoms with Crippen molar-refractivity contribution in [3.05, 3.63) is 46.2 Å². The van der Waals surface area contributed by atoms with Crippen LogP contribution >= 0.6 is 23.2 Å². The fourth-order valence-corrected chi connectivity index (χ4v) is 4.47. The van der Waals surface area contributed by atoms with Gasteiger partial charge in [-0.3, -0.25) is 4.68 Å². The quantitative estimate of drug-likeness (QED) is 0.929. The third kappa shape index (κ3) is 3.08. The van der Waals surface area contributed by atoms with E-state index in [0.717, 1.165) is 5.69 Å². The summed E-state index contributed by atoms with van der Waals surface area (Å²) < 4.78 is 29.5. The fraction of sp³-hybridized carbons (Fsp3) is 0.308. The highest BCUT2D eigenvalue weighted by Crippen LogP contribution is 2.26. The zero-order valence-electron chi connectivity index (χ0n) is 11.0. The molecule has 0 aliphatic carbocycles. The molecule has 1 N–H and O–H groups in total. The van der Waals surface area contributed by atoms with Gasteiger partial charge in [-0.15, -0.1) is 0 Å². The van der Waals surface area contributed by atoms with Gasteiger partial charge in [-0.2, -0.15) is 5.10 Å². The molecule has 1 atom stereocenters. The molecule has 8 heteroatoms. The van der Waals surface area contributed by atoms with Gasteiger partial charge in [0.1, 0.15) is 4.90 Å². The number of hydrogen-bond donors (Lipinski definition) is 1. The Balaban J connectivity index is 1.83. The van der Waals surface area contributed by atoms with Crippen LogP contribution < -0.4 is 4.72 Å². The predicted molar refractivity (Wildman–Crippen MR) is 81.1 cm³/mol. The molecule has 1 aromatic heterocycles. The highest BCUT2D eigenvalue weighted by atomic mass is 35.5. The number of aromatic nitrogens is 2. The Bertz CT molecular complexity index is 773. The van der Waals surface area contributed by atoms with Crippen LogP contribution in [0.25, 0.3) is 0 Å². The minimum atomic E-state index is -3.69. The summed E-state index contributed by atoms with van der Waals surface area (Å²) in [5.74, 6) is 0. The molecule has 0 radical (unpaired) electrons. The van der Waals surface area contributed by atoms with Gasteiger partial charge in [0.05, 0.1) is 5.02 Å². The lowest BCUT2D eigenvalue weighted by molar-refractivity contribution is 0.414. The van der Waals surface area contributed by atoms with Crippen molar-refractivity contribution >= 4 is 33.2 Å². The van der Waals surface area contributed by atoms with Gasteiger partial charge in [-0.05, 0) is 30.7 Å². The second-order valence-electron chi connectivity index (χ2n) is 4.93. The van der Waals surface area contributed by atoms with E-state index >= 15 is 0 Å². The van der Waals surface area contributed by atoms with Gasteiger partial charge >= 0.3 is 0 Å². The molecule has 5 nitrogen and oxygen atoms in total. The standard InChI is InChI=1S/C13H13Cl2N3O2S/c14-9-1-2-12(15)13(7-9)21(19,20)17-10-4-6-18-11(8-10)3-5-16-18/h1-3,5,7,10,17H,4,6,8H2. The Labute approximate surface area is 132 Å². The third-order valence-corrected chi connectivity index (χ3v) is 5.69. The van der Waals surface area contributed by atoms with Crippen LogP contribution in [0.2, 0.25) is 10.0 Å². The van der Waals surface area contributed by atoms with E-state index in [-0.39, 0.29) is 16.0 Å². The van der Waals surface area contributed by atoms with E-state index in [1.54, 1.807) is 12.3 Å². The van der Waals surface area contributed by atoms with E-state index in [2.05, 4.69) is 9.82 Å². The Hall–Kier alpha value is -1.08. The second-order valence-corrected chi connectivity index (χ2v) is 7.46. The Morgan fingerprint density at radius 2 is 2.10 bits per heavy atom. The first-order chi connectivity index (χ1) is 9.95. The van der Waals surface area contributed by atoms with E-state index in [1.807, 2.05) is 10.7 Å². The molecule has 0 saturated heterocycles. The SMILES string of the molecule is O=S(=O)(NC1CCn2nccc2C1)c1cc(Cl)ccc1Cl. The van der Waals surface area contributed by atoms with Crippen LogP contribution in [-0.2, 0) is 23.0 Å². The summed E-state index contributed by atoms with van der Waals surface area (Å²) in [6, 6.07) is 6.12. The molecule has 2 heterocycles. The van der Waals surface area contributed by atoms with Crippen LogP contribution in [0.4, 0.5) is 0 Å². The summed E-state index contributed by atoms with van der Waals surface area (Å²) >= 11 is 11.8. The molecular formula is C13H13Cl2N3O2S. The number of aryl methyl sites for hydroxylation is 1. The highest BCUT2D eigenvalue weighted by molar-refractivity contribution is 7.89. The largest absolute Gasteiger partial charge is 0.269 e. The van der Waals surface area contributed by atoms with Gasteiger partial charge in [0.15, 0.2) is 0 Å². The monoisotopic (exact) mass is 345 g/mol. The minimum absolute atomic E-state index is 0.00995. The van der Waals surface area contributed by atoms with Crippen LogP contribution in [-0.4, -0.2) is 24.2 Å². The van der Waals surface area contributed by atoms with E-state index in [4.69, 9.17) is 23.2 Å². The van der Waals surface area contributed by atoms with Gasteiger partial charge in [0.2, 0.25) is 10.0 Å². The molecule has 0 spiro atoms. The van der Waals surface area contributed by atoms with Crippen molar-refractivity contribution in [3.8, 4) is 0 Å². The van der Waals surface area contributed by atoms with Gasteiger partial charge in [0, 0.05) is 35.9 Å². The average molecular weight is 346 g/mol. The lowest BCUT2D eigenvalue weighted by Gasteiger charge is -2.24. The number of benzene rings is 1. The van der Waals surface area contributed by atoms with Gasteiger partial charge in [0.25, 0.3) is 0 Å². The summed E-state index contributed by atoms with van der Waals surface area (Å²) in [6.07, 6.45) is 3.02. The first-order valence-corrected chi connectivity index (χ1v) is 8.68. The molecule has 1 aliphatic heterocycles. The fourth-order valence-electron chi connectivity index (χ4n) is 2.43. The smallest absolute Gasteiger partial charge is 0.242 e. The van der Waals surface area contributed by atoms with Crippen LogP contribution in [0, 0.1) is 0 Å². The predicted octanol–water partition coefficient (Wildman–Crippen LogP) is 2.48. The van der Waals surface area contributed by atoms with Crippen LogP contribution in [0.1, 0.15) is 12.1 Å². The van der Waals surface area contributed by atoms with Gasteiger partial charge < -0.3 is 0 Å². The molecule has 1 aliphatic rings. The number of sulfonamides is 1. The van der Waals surface area contributed by atoms with Crippen molar-refractivity contribution in [1.82, 2.24) is 14.5 Å². The maximum Gasteiger partial charge on any atom is 0.242 e. The maximum atomic E-state index is 12.4. The Morgan fingerprint density at radius 3 is 2.90 bits per heavy atom. The summed E-state index contributed by atoms with van der Waals surface area (Å²) in [5, 5.41) is 4.67. The molecule has 0 amide bonds. The molecule has 3 rings (SSSR count). The zero-order valence-corrected chi connectivity index (χ0v) is 13.3. The van der Waals surface area contributed by atoms with E-state index < -0.39 is 10.0 Å². The van der Waals surface area contributed by atoms with Crippen molar-refractivity contribution in [2.45, 2.75) is 30.3 Å². The van der Waals surface area contributed by atoms with Crippen molar-refractivity contribution in [2.24, 2.45) is 0 Å². The highest BCUT2D eigenvalue weighted by Gasteiger charge is 2.26. The molecule has 0 saturated carbocycles. The number of nitrogens with one attached hydrogen (secondary N) is 1. The molecule has 1 unspecified atom stereocenters.